The molecule has 0 spiro atoms. The number of rotatable bonds is 3. The monoisotopic (exact) mass is 192 g/mol. The molecule has 2 unspecified atom stereocenters. The Morgan fingerprint density at radius 1 is 1.67 bits per heavy atom. The number of carbonyl (C=O) groups is 1. The highest BCUT2D eigenvalue weighted by atomic mass is 32.2. The van der Waals surface area contributed by atoms with Crippen molar-refractivity contribution in [1.82, 2.24) is 0 Å². The van der Waals surface area contributed by atoms with Gasteiger partial charge in [-0.15, -0.1) is 0 Å². The minimum Gasteiger partial charge on any atom is -0.481 e. The van der Waals surface area contributed by atoms with Crippen molar-refractivity contribution in [1.29, 1.82) is 0 Å². The van der Waals surface area contributed by atoms with Crippen LogP contribution < -0.4 is 0 Å². The highest BCUT2D eigenvalue weighted by molar-refractivity contribution is 7.93. The van der Waals surface area contributed by atoms with Gasteiger partial charge in [0.25, 0.3) is 0 Å². The largest absolute Gasteiger partial charge is 0.481 e. The summed E-state index contributed by atoms with van der Waals surface area (Å²) in [4.78, 5) is 10.6. The van der Waals surface area contributed by atoms with Gasteiger partial charge in [-0.3, -0.25) is 4.79 Å². The summed E-state index contributed by atoms with van der Waals surface area (Å²) in [5.41, 5.74) is 0. The second kappa shape index (κ2) is 3.05. The van der Waals surface area contributed by atoms with Gasteiger partial charge in [0.05, 0.1) is 16.9 Å². The van der Waals surface area contributed by atoms with Crippen molar-refractivity contribution >= 4 is 15.8 Å². The molecule has 0 amide bonds. The van der Waals surface area contributed by atoms with Gasteiger partial charge in [-0.05, 0) is 12.8 Å². The summed E-state index contributed by atoms with van der Waals surface area (Å²) in [6.07, 6.45) is 0.895. The van der Waals surface area contributed by atoms with E-state index in [0.717, 1.165) is 0 Å². The van der Waals surface area contributed by atoms with Gasteiger partial charge in [-0.25, -0.2) is 8.42 Å². The van der Waals surface area contributed by atoms with E-state index in [0.29, 0.717) is 12.8 Å². The van der Waals surface area contributed by atoms with E-state index in [1.165, 1.54) is 0 Å². The first kappa shape index (κ1) is 9.51. The molecule has 0 aromatic carbocycles. The first-order chi connectivity index (χ1) is 5.49. The van der Waals surface area contributed by atoms with Gasteiger partial charge in [0.2, 0.25) is 0 Å². The van der Waals surface area contributed by atoms with Gasteiger partial charge >= 0.3 is 5.97 Å². The van der Waals surface area contributed by atoms with Gasteiger partial charge in [-0.1, -0.05) is 6.92 Å². The van der Waals surface area contributed by atoms with E-state index < -0.39 is 27.0 Å². The molecular formula is C7H12O4S. The molecule has 0 saturated carbocycles. The number of hydrogen-bond donors (Lipinski definition) is 1. The lowest BCUT2D eigenvalue weighted by molar-refractivity contribution is -0.142. The first-order valence-electron chi connectivity index (χ1n) is 3.93. The van der Waals surface area contributed by atoms with Crippen LogP contribution in [0.3, 0.4) is 0 Å². The van der Waals surface area contributed by atoms with E-state index >= 15 is 0 Å². The predicted molar refractivity (Wildman–Crippen MR) is 43.6 cm³/mol. The molecule has 1 fully saturated rings. The van der Waals surface area contributed by atoms with E-state index in [4.69, 9.17) is 5.11 Å². The third-order valence-corrected chi connectivity index (χ3v) is 4.65. The number of carboxylic acid groups (broad SMARTS) is 1. The summed E-state index contributed by atoms with van der Waals surface area (Å²) in [6, 6.07) is 0. The zero-order valence-corrected chi connectivity index (χ0v) is 7.67. The molecule has 1 rings (SSSR count). The summed E-state index contributed by atoms with van der Waals surface area (Å²) < 4.78 is 22.1. The van der Waals surface area contributed by atoms with Crippen LogP contribution in [0.5, 0.6) is 0 Å². The standard InChI is InChI=1S/C7H12O4S/c1-2-5(7(8)9)6-3-4-12(6,10)11/h5-6H,2-4H2,1H3,(H,8,9). The Morgan fingerprint density at radius 3 is 2.33 bits per heavy atom. The average Bonchev–Trinajstić information content (AvgIpc) is 1.97. The fourth-order valence-electron chi connectivity index (χ4n) is 1.49. The minimum atomic E-state index is -3.06. The Kier molecular flexibility index (Phi) is 2.41. The van der Waals surface area contributed by atoms with Crippen LogP contribution in [-0.4, -0.2) is 30.5 Å². The fourth-order valence-corrected chi connectivity index (χ4v) is 3.20. The molecule has 1 aliphatic heterocycles. The topological polar surface area (TPSA) is 71.4 Å². The molecule has 12 heavy (non-hydrogen) atoms. The zero-order chi connectivity index (χ0) is 9.35. The molecule has 1 N–H and O–H groups in total. The molecule has 4 nitrogen and oxygen atoms in total. The summed E-state index contributed by atoms with van der Waals surface area (Å²) in [6.45, 7) is 1.70. The van der Waals surface area contributed by atoms with Gasteiger partial charge in [0.15, 0.2) is 9.84 Å². The van der Waals surface area contributed by atoms with Crippen molar-refractivity contribution < 1.29 is 18.3 Å². The molecule has 1 heterocycles. The number of sulfone groups is 1. The summed E-state index contributed by atoms with van der Waals surface area (Å²) in [5.74, 6) is -1.55. The van der Waals surface area contributed by atoms with Gasteiger partial charge in [-0.2, -0.15) is 0 Å². The smallest absolute Gasteiger partial charge is 0.307 e. The summed E-state index contributed by atoms with van der Waals surface area (Å²) in [7, 11) is -3.06. The van der Waals surface area contributed by atoms with E-state index in [1.54, 1.807) is 6.92 Å². The van der Waals surface area contributed by atoms with Crippen molar-refractivity contribution in [2.24, 2.45) is 5.92 Å². The van der Waals surface area contributed by atoms with Crippen molar-refractivity contribution in [3.63, 3.8) is 0 Å². The number of hydrogen-bond acceptors (Lipinski definition) is 3. The quantitative estimate of drug-likeness (QED) is 0.697. The van der Waals surface area contributed by atoms with Gasteiger partial charge in [0.1, 0.15) is 0 Å². The highest BCUT2D eigenvalue weighted by Crippen LogP contribution is 2.29. The van der Waals surface area contributed by atoms with Crippen molar-refractivity contribution in [2.45, 2.75) is 25.0 Å². The van der Waals surface area contributed by atoms with E-state index in [9.17, 15) is 13.2 Å². The lowest BCUT2D eigenvalue weighted by atomic mass is 10.00. The molecule has 1 aliphatic rings. The van der Waals surface area contributed by atoms with E-state index in [2.05, 4.69) is 0 Å². The SMILES string of the molecule is CCC(C(=O)O)C1CCS1(=O)=O. The van der Waals surface area contributed by atoms with Crippen LogP contribution in [0.4, 0.5) is 0 Å². The summed E-state index contributed by atoms with van der Waals surface area (Å²) >= 11 is 0. The molecular weight excluding hydrogens is 180 g/mol. The van der Waals surface area contributed by atoms with Crippen molar-refractivity contribution in [3.05, 3.63) is 0 Å². The minimum absolute atomic E-state index is 0.154. The molecule has 0 aromatic heterocycles. The third kappa shape index (κ3) is 1.46. The molecule has 0 aromatic rings. The normalized spacial score (nSPS) is 28.9. The highest BCUT2D eigenvalue weighted by Gasteiger charge is 2.43. The zero-order valence-electron chi connectivity index (χ0n) is 6.86. The van der Waals surface area contributed by atoms with E-state index in [1.807, 2.05) is 0 Å². The maximum absolute atomic E-state index is 11.1. The lowest BCUT2D eigenvalue weighted by Gasteiger charge is -2.30. The molecule has 70 valence electrons. The van der Waals surface area contributed by atoms with Crippen molar-refractivity contribution in [2.75, 3.05) is 5.75 Å². The number of carboxylic acids is 1. The fraction of sp³-hybridized carbons (Fsp3) is 0.857. The molecule has 0 bridgehead atoms. The Labute approximate surface area is 71.5 Å². The summed E-state index contributed by atoms with van der Waals surface area (Å²) in [5, 5.41) is 8.05. The molecule has 1 saturated heterocycles. The Bertz CT molecular complexity index is 280. The van der Waals surface area contributed by atoms with E-state index in [-0.39, 0.29) is 5.75 Å². The first-order valence-corrected chi connectivity index (χ1v) is 5.65. The second-order valence-corrected chi connectivity index (χ2v) is 5.39. The Hall–Kier alpha value is -0.580. The molecule has 0 aliphatic carbocycles. The molecule has 0 radical (unpaired) electrons. The second-order valence-electron chi connectivity index (χ2n) is 3.05. The maximum Gasteiger partial charge on any atom is 0.307 e. The third-order valence-electron chi connectivity index (χ3n) is 2.35. The van der Waals surface area contributed by atoms with Crippen LogP contribution >= 0.6 is 0 Å². The van der Waals surface area contributed by atoms with Crippen LogP contribution in [0.1, 0.15) is 19.8 Å². The van der Waals surface area contributed by atoms with Crippen LogP contribution in [0, 0.1) is 5.92 Å². The molecule has 2 atom stereocenters. The van der Waals surface area contributed by atoms with Crippen LogP contribution in [0.2, 0.25) is 0 Å². The number of aliphatic carboxylic acids is 1. The van der Waals surface area contributed by atoms with Gasteiger partial charge in [0, 0.05) is 0 Å². The van der Waals surface area contributed by atoms with Crippen LogP contribution in [-0.2, 0) is 14.6 Å². The molecule has 5 heteroatoms. The predicted octanol–water partition coefficient (Wildman–Crippen LogP) is 0.284. The average molecular weight is 192 g/mol. The Morgan fingerprint density at radius 2 is 2.25 bits per heavy atom. The maximum atomic E-state index is 11.1. The lowest BCUT2D eigenvalue weighted by Crippen LogP contribution is -2.45. The van der Waals surface area contributed by atoms with Gasteiger partial charge < -0.3 is 5.11 Å². The van der Waals surface area contributed by atoms with Crippen LogP contribution in [0.25, 0.3) is 0 Å². The Balaban J connectivity index is 2.75. The van der Waals surface area contributed by atoms with Crippen LogP contribution in [0.15, 0.2) is 0 Å². The van der Waals surface area contributed by atoms with Crippen molar-refractivity contribution in [3.8, 4) is 0 Å².